The highest BCUT2D eigenvalue weighted by atomic mass is 19.1. The molecule has 0 saturated carbocycles. The van der Waals surface area contributed by atoms with Crippen LogP contribution in [-0.2, 0) is 0 Å². The molecule has 2 aliphatic rings. The van der Waals surface area contributed by atoms with E-state index in [-0.39, 0.29) is 5.82 Å². The van der Waals surface area contributed by atoms with E-state index in [1.54, 1.807) is 12.1 Å². The molecule has 14 heavy (non-hydrogen) atoms. The number of anilines is 1. The molecule has 1 spiro atoms. The van der Waals surface area contributed by atoms with Gasteiger partial charge in [0.15, 0.2) is 0 Å². The molecule has 0 radical (unpaired) electrons. The summed E-state index contributed by atoms with van der Waals surface area (Å²) in [5.41, 5.74) is 1.52. The molecule has 74 valence electrons. The maximum Gasteiger partial charge on any atom is 0.125 e. The molecule has 0 amide bonds. The van der Waals surface area contributed by atoms with Crippen molar-refractivity contribution in [1.82, 2.24) is 5.32 Å². The van der Waals surface area contributed by atoms with E-state index in [0.29, 0.717) is 5.41 Å². The standard InChI is InChI=1S/C11H13FN2/c12-9-2-1-3-10(4-9)14-7-11(8-14)5-13-6-11/h1-4,13H,5-8H2. The SMILES string of the molecule is Fc1cccc(N2CC3(CNC3)C2)c1. The molecule has 2 aliphatic heterocycles. The fourth-order valence-electron chi connectivity index (χ4n) is 2.32. The average molecular weight is 192 g/mol. The Morgan fingerprint density at radius 1 is 1.29 bits per heavy atom. The van der Waals surface area contributed by atoms with E-state index in [2.05, 4.69) is 10.2 Å². The highest BCUT2D eigenvalue weighted by Gasteiger charge is 2.47. The second-order valence-corrected chi connectivity index (χ2v) is 4.44. The van der Waals surface area contributed by atoms with Crippen LogP contribution in [0.15, 0.2) is 24.3 Å². The van der Waals surface area contributed by atoms with Gasteiger partial charge in [0.05, 0.1) is 0 Å². The minimum Gasteiger partial charge on any atom is -0.370 e. The van der Waals surface area contributed by atoms with Gasteiger partial charge in [-0.1, -0.05) is 6.07 Å². The fourth-order valence-corrected chi connectivity index (χ4v) is 2.32. The Balaban J connectivity index is 1.73. The van der Waals surface area contributed by atoms with E-state index < -0.39 is 0 Å². The number of nitrogens with one attached hydrogen (secondary N) is 1. The third kappa shape index (κ3) is 1.12. The largest absolute Gasteiger partial charge is 0.370 e. The third-order valence-electron chi connectivity index (χ3n) is 3.23. The lowest BCUT2D eigenvalue weighted by Crippen LogP contribution is -2.71. The highest BCUT2D eigenvalue weighted by molar-refractivity contribution is 5.50. The van der Waals surface area contributed by atoms with Crippen LogP contribution in [-0.4, -0.2) is 26.2 Å². The number of hydrogen-bond donors (Lipinski definition) is 1. The van der Waals surface area contributed by atoms with Crippen molar-refractivity contribution in [2.45, 2.75) is 0 Å². The predicted octanol–water partition coefficient (Wildman–Crippen LogP) is 1.24. The van der Waals surface area contributed by atoms with Gasteiger partial charge in [-0.05, 0) is 18.2 Å². The van der Waals surface area contributed by atoms with Gasteiger partial charge in [0, 0.05) is 37.3 Å². The monoisotopic (exact) mass is 192 g/mol. The lowest BCUT2D eigenvalue weighted by atomic mass is 9.74. The molecule has 3 heteroatoms. The molecule has 2 nitrogen and oxygen atoms in total. The Labute approximate surface area is 82.7 Å². The first-order valence-electron chi connectivity index (χ1n) is 4.99. The minimum atomic E-state index is -0.143. The summed E-state index contributed by atoms with van der Waals surface area (Å²) in [6.45, 7) is 4.39. The van der Waals surface area contributed by atoms with Crippen LogP contribution in [0.25, 0.3) is 0 Å². The average Bonchev–Trinajstić information content (AvgIpc) is 1.98. The predicted molar refractivity (Wildman–Crippen MR) is 53.9 cm³/mol. The van der Waals surface area contributed by atoms with Crippen molar-refractivity contribution in [2.75, 3.05) is 31.1 Å². The van der Waals surface area contributed by atoms with E-state index in [0.717, 1.165) is 31.9 Å². The van der Waals surface area contributed by atoms with Gasteiger partial charge in [0.2, 0.25) is 0 Å². The first-order chi connectivity index (χ1) is 6.77. The Morgan fingerprint density at radius 3 is 2.64 bits per heavy atom. The summed E-state index contributed by atoms with van der Waals surface area (Å²) < 4.78 is 12.9. The van der Waals surface area contributed by atoms with Crippen molar-refractivity contribution >= 4 is 5.69 Å². The van der Waals surface area contributed by atoms with Gasteiger partial charge in [0.1, 0.15) is 5.82 Å². The number of halogens is 1. The molecule has 3 rings (SSSR count). The number of hydrogen-bond acceptors (Lipinski definition) is 2. The van der Waals surface area contributed by atoms with Crippen LogP contribution in [0.5, 0.6) is 0 Å². The molecular weight excluding hydrogens is 179 g/mol. The number of nitrogens with zero attached hydrogens (tertiary/aromatic N) is 1. The van der Waals surface area contributed by atoms with Gasteiger partial charge in [-0.15, -0.1) is 0 Å². The second kappa shape index (κ2) is 2.70. The van der Waals surface area contributed by atoms with Crippen LogP contribution in [0.1, 0.15) is 0 Å². The van der Waals surface area contributed by atoms with Gasteiger partial charge in [-0.2, -0.15) is 0 Å². The molecule has 1 N–H and O–H groups in total. The van der Waals surface area contributed by atoms with Crippen molar-refractivity contribution in [1.29, 1.82) is 0 Å². The van der Waals surface area contributed by atoms with Crippen LogP contribution in [0.3, 0.4) is 0 Å². The zero-order valence-corrected chi connectivity index (χ0v) is 7.96. The van der Waals surface area contributed by atoms with Gasteiger partial charge in [0.25, 0.3) is 0 Å². The molecule has 2 saturated heterocycles. The molecule has 0 atom stereocenters. The van der Waals surface area contributed by atoms with E-state index in [1.165, 1.54) is 6.07 Å². The van der Waals surface area contributed by atoms with Crippen molar-refractivity contribution < 1.29 is 4.39 Å². The van der Waals surface area contributed by atoms with Crippen molar-refractivity contribution in [3.8, 4) is 0 Å². The Morgan fingerprint density at radius 2 is 2.07 bits per heavy atom. The fraction of sp³-hybridized carbons (Fsp3) is 0.455. The van der Waals surface area contributed by atoms with Gasteiger partial charge < -0.3 is 10.2 Å². The topological polar surface area (TPSA) is 15.3 Å². The van der Waals surface area contributed by atoms with Crippen molar-refractivity contribution in [3.05, 3.63) is 30.1 Å². The summed E-state index contributed by atoms with van der Waals surface area (Å²) in [4.78, 5) is 2.24. The molecule has 0 unspecified atom stereocenters. The van der Waals surface area contributed by atoms with Crippen molar-refractivity contribution in [2.24, 2.45) is 5.41 Å². The van der Waals surface area contributed by atoms with Crippen LogP contribution in [0, 0.1) is 11.2 Å². The van der Waals surface area contributed by atoms with Gasteiger partial charge in [-0.25, -0.2) is 4.39 Å². The summed E-state index contributed by atoms with van der Waals surface area (Å²) in [6.07, 6.45) is 0. The van der Waals surface area contributed by atoms with Crippen molar-refractivity contribution in [3.63, 3.8) is 0 Å². The van der Waals surface area contributed by atoms with E-state index in [1.807, 2.05) is 6.07 Å². The first-order valence-corrected chi connectivity index (χ1v) is 4.99. The number of rotatable bonds is 1. The summed E-state index contributed by atoms with van der Waals surface area (Å²) in [5.74, 6) is -0.143. The highest BCUT2D eigenvalue weighted by Crippen LogP contribution is 2.37. The molecule has 2 heterocycles. The minimum absolute atomic E-state index is 0.143. The molecule has 0 bridgehead atoms. The normalized spacial score (nSPS) is 23.1. The maximum absolute atomic E-state index is 12.9. The zero-order valence-electron chi connectivity index (χ0n) is 7.96. The van der Waals surface area contributed by atoms with Crippen LogP contribution < -0.4 is 10.2 Å². The molecule has 0 aromatic heterocycles. The molecule has 2 fully saturated rings. The zero-order chi connectivity index (χ0) is 9.60. The van der Waals surface area contributed by atoms with Gasteiger partial charge >= 0.3 is 0 Å². The van der Waals surface area contributed by atoms with Crippen LogP contribution in [0.4, 0.5) is 10.1 Å². The quantitative estimate of drug-likeness (QED) is 0.720. The molecule has 1 aromatic rings. The van der Waals surface area contributed by atoms with E-state index >= 15 is 0 Å². The summed E-state index contributed by atoms with van der Waals surface area (Å²) in [6, 6.07) is 6.85. The van der Waals surface area contributed by atoms with Crippen LogP contribution >= 0.6 is 0 Å². The lowest BCUT2D eigenvalue weighted by Gasteiger charge is -2.57. The maximum atomic E-state index is 12.9. The Bertz CT molecular complexity index is 352. The lowest BCUT2D eigenvalue weighted by molar-refractivity contribution is 0.121. The first kappa shape index (κ1) is 8.24. The smallest absolute Gasteiger partial charge is 0.125 e. The third-order valence-corrected chi connectivity index (χ3v) is 3.23. The number of benzene rings is 1. The molecule has 0 aliphatic carbocycles. The Kier molecular flexibility index (Phi) is 1.59. The summed E-state index contributed by atoms with van der Waals surface area (Å²) in [5, 5.41) is 3.29. The Hall–Kier alpha value is -1.09. The van der Waals surface area contributed by atoms with E-state index in [4.69, 9.17) is 0 Å². The summed E-state index contributed by atoms with van der Waals surface area (Å²) >= 11 is 0. The van der Waals surface area contributed by atoms with E-state index in [9.17, 15) is 4.39 Å². The van der Waals surface area contributed by atoms with Crippen LogP contribution in [0.2, 0.25) is 0 Å². The molecule has 1 aromatic carbocycles. The van der Waals surface area contributed by atoms with Gasteiger partial charge in [-0.3, -0.25) is 0 Å². The molecular formula is C11H13FN2. The second-order valence-electron chi connectivity index (χ2n) is 4.44. The summed E-state index contributed by atoms with van der Waals surface area (Å²) in [7, 11) is 0.